The third kappa shape index (κ3) is 4.44. The monoisotopic (exact) mass is 436 g/mol. The molecular formula is C24H22F2N4O2. The van der Waals surface area contributed by atoms with E-state index in [0.29, 0.717) is 28.2 Å². The van der Waals surface area contributed by atoms with Gasteiger partial charge in [0, 0.05) is 29.8 Å². The van der Waals surface area contributed by atoms with Crippen molar-refractivity contribution in [3.05, 3.63) is 99.4 Å². The molecule has 0 saturated heterocycles. The summed E-state index contributed by atoms with van der Waals surface area (Å²) in [7, 11) is 1.40. The van der Waals surface area contributed by atoms with Crippen LogP contribution in [0.5, 0.6) is 5.75 Å². The predicted molar refractivity (Wildman–Crippen MR) is 117 cm³/mol. The molecule has 0 bridgehead atoms. The van der Waals surface area contributed by atoms with E-state index in [1.54, 1.807) is 29.2 Å². The van der Waals surface area contributed by atoms with Crippen LogP contribution in [0, 0.1) is 18.6 Å². The Morgan fingerprint density at radius 1 is 1.12 bits per heavy atom. The van der Waals surface area contributed by atoms with E-state index in [1.807, 2.05) is 19.9 Å². The summed E-state index contributed by atoms with van der Waals surface area (Å²) in [6.45, 7) is 3.68. The van der Waals surface area contributed by atoms with Crippen LogP contribution in [-0.2, 0) is 6.42 Å². The van der Waals surface area contributed by atoms with Crippen molar-refractivity contribution in [2.75, 3.05) is 7.11 Å². The maximum Gasteiger partial charge on any atom is 0.251 e. The molecule has 0 fully saturated rings. The van der Waals surface area contributed by atoms with Crippen molar-refractivity contribution in [1.82, 2.24) is 19.7 Å². The zero-order valence-electron chi connectivity index (χ0n) is 17.9. The Labute approximate surface area is 183 Å². The molecule has 2 heterocycles. The molecule has 2 aromatic heterocycles. The van der Waals surface area contributed by atoms with E-state index in [4.69, 9.17) is 4.74 Å². The highest BCUT2D eigenvalue weighted by Gasteiger charge is 2.16. The summed E-state index contributed by atoms with van der Waals surface area (Å²) >= 11 is 0. The average Bonchev–Trinajstić information content (AvgIpc) is 3.23. The van der Waals surface area contributed by atoms with E-state index < -0.39 is 5.82 Å². The molecule has 32 heavy (non-hydrogen) atoms. The Kier molecular flexibility index (Phi) is 5.85. The second kappa shape index (κ2) is 8.74. The fourth-order valence-electron chi connectivity index (χ4n) is 3.55. The molecule has 0 aliphatic heterocycles. The number of aryl methyl sites for hydroxylation is 1. The maximum atomic E-state index is 14.4. The molecule has 6 nitrogen and oxygen atoms in total. The highest BCUT2D eigenvalue weighted by atomic mass is 19.1. The zero-order chi connectivity index (χ0) is 22.8. The number of methoxy groups -OCH3 is 1. The number of rotatable bonds is 6. The lowest BCUT2D eigenvalue weighted by molar-refractivity contribution is 0.386. The van der Waals surface area contributed by atoms with Crippen molar-refractivity contribution in [1.29, 1.82) is 0 Å². The van der Waals surface area contributed by atoms with Gasteiger partial charge in [-0.1, -0.05) is 18.2 Å². The number of hydrogen-bond donors (Lipinski definition) is 1. The van der Waals surface area contributed by atoms with Crippen LogP contribution in [-0.4, -0.2) is 26.9 Å². The summed E-state index contributed by atoms with van der Waals surface area (Å²) in [6.07, 6.45) is 3.55. The van der Waals surface area contributed by atoms with Crippen LogP contribution < -0.4 is 10.3 Å². The van der Waals surface area contributed by atoms with E-state index in [9.17, 15) is 13.6 Å². The number of halogens is 2. The van der Waals surface area contributed by atoms with Crippen molar-refractivity contribution in [2.45, 2.75) is 26.3 Å². The Balaban J connectivity index is 1.61. The molecule has 0 aliphatic rings. The number of benzene rings is 2. The number of aromatic nitrogens is 4. The third-order valence-electron chi connectivity index (χ3n) is 5.28. The van der Waals surface area contributed by atoms with Gasteiger partial charge in [0.25, 0.3) is 5.56 Å². The van der Waals surface area contributed by atoms with E-state index in [1.165, 1.54) is 31.4 Å². The lowest BCUT2D eigenvalue weighted by atomic mass is 10.1. The van der Waals surface area contributed by atoms with Gasteiger partial charge in [0.1, 0.15) is 11.6 Å². The predicted octanol–water partition coefficient (Wildman–Crippen LogP) is 4.43. The molecule has 0 radical (unpaired) electrons. The first-order chi connectivity index (χ1) is 15.3. The highest BCUT2D eigenvalue weighted by molar-refractivity contribution is 5.56. The number of nitrogens with zero attached hydrogens (tertiary/aromatic N) is 3. The Bertz CT molecular complexity index is 1330. The van der Waals surface area contributed by atoms with Crippen LogP contribution in [0.2, 0.25) is 0 Å². The molecule has 0 saturated carbocycles. The fourth-order valence-corrected chi connectivity index (χ4v) is 3.55. The van der Waals surface area contributed by atoms with Crippen LogP contribution >= 0.6 is 0 Å². The first-order valence-corrected chi connectivity index (χ1v) is 10.1. The van der Waals surface area contributed by atoms with Crippen LogP contribution in [0.4, 0.5) is 8.78 Å². The first-order valence-electron chi connectivity index (χ1n) is 10.1. The molecule has 2 aromatic carbocycles. The largest absolute Gasteiger partial charge is 0.494 e. The zero-order valence-corrected chi connectivity index (χ0v) is 17.9. The van der Waals surface area contributed by atoms with Crippen molar-refractivity contribution >= 4 is 0 Å². The normalized spacial score (nSPS) is 12.0. The Morgan fingerprint density at radius 2 is 1.94 bits per heavy atom. The first kappa shape index (κ1) is 21.4. The van der Waals surface area contributed by atoms with Gasteiger partial charge >= 0.3 is 0 Å². The number of hydrogen-bond acceptors (Lipinski definition) is 4. The number of nitrogens with one attached hydrogen (secondary N) is 1. The van der Waals surface area contributed by atoms with Gasteiger partial charge in [-0.25, -0.2) is 13.8 Å². The second-order valence-electron chi connectivity index (χ2n) is 7.63. The van der Waals surface area contributed by atoms with Gasteiger partial charge in [-0.05, 0) is 43.2 Å². The van der Waals surface area contributed by atoms with Crippen molar-refractivity contribution in [3.63, 3.8) is 0 Å². The van der Waals surface area contributed by atoms with Gasteiger partial charge in [-0.2, -0.15) is 5.10 Å². The van der Waals surface area contributed by atoms with Gasteiger partial charge in [0.15, 0.2) is 11.6 Å². The average molecular weight is 436 g/mol. The summed E-state index contributed by atoms with van der Waals surface area (Å²) < 4.78 is 34.9. The smallest absolute Gasteiger partial charge is 0.251 e. The topological polar surface area (TPSA) is 72.8 Å². The van der Waals surface area contributed by atoms with E-state index >= 15 is 0 Å². The molecular weight excluding hydrogens is 414 g/mol. The molecule has 1 atom stereocenters. The van der Waals surface area contributed by atoms with Crippen molar-refractivity contribution in [2.24, 2.45) is 0 Å². The van der Waals surface area contributed by atoms with Gasteiger partial charge in [0.05, 0.1) is 25.0 Å². The minimum atomic E-state index is -0.484. The minimum Gasteiger partial charge on any atom is -0.494 e. The molecule has 1 unspecified atom stereocenters. The second-order valence-corrected chi connectivity index (χ2v) is 7.63. The quantitative estimate of drug-likeness (QED) is 0.485. The summed E-state index contributed by atoms with van der Waals surface area (Å²) in [5.74, 6) is -0.238. The summed E-state index contributed by atoms with van der Waals surface area (Å²) in [5, 5.41) is 4.34. The third-order valence-corrected chi connectivity index (χ3v) is 5.28. The molecule has 1 N–H and O–H groups in total. The van der Waals surface area contributed by atoms with Gasteiger partial charge < -0.3 is 9.72 Å². The molecule has 4 aromatic rings. The van der Waals surface area contributed by atoms with Gasteiger partial charge in [-0.3, -0.25) is 9.48 Å². The Morgan fingerprint density at radius 3 is 2.66 bits per heavy atom. The Hall–Kier alpha value is -3.81. The fraction of sp³-hybridized carbons (Fsp3) is 0.208. The van der Waals surface area contributed by atoms with Crippen LogP contribution in [0.15, 0.2) is 59.7 Å². The standard InChI is InChI=1S/C24H22F2N4O2/c1-14-4-6-18(19(25)8-14)15(2)30-13-17(12-27-30)21-11-24(31)29-23(28-21)10-16-5-7-22(32-3)20(26)9-16/h4-9,11-13,15H,10H2,1-3H3,(H,28,29,31). The van der Waals surface area contributed by atoms with E-state index in [0.717, 1.165) is 5.56 Å². The van der Waals surface area contributed by atoms with E-state index in [2.05, 4.69) is 15.1 Å². The minimum absolute atomic E-state index is 0.149. The van der Waals surface area contributed by atoms with Crippen LogP contribution in [0.3, 0.4) is 0 Å². The van der Waals surface area contributed by atoms with Crippen molar-refractivity contribution < 1.29 is 13.5 Å². The molecule has 164 valence electrons. The van der Waals surface area contributed by atoms with Gasteiger partial charge in [0.2, 0.25) is 0 Å². The summed E-state index contributed by atoms with van der Waals surface area (Å²) in [5.41, 5.74) is 2.73. The lowest BCUT2D eigenvalue weighted by Crippen LogP contribution is -2.11. The van der Waals surface area contributed by atoms with E-state index in [-0.39, 0.29) is 29.6 Å². The maximum absolute atomic E-state index is 14.4. The summed E-state index contributed by atoms with van der Waals surface area (Å²) in [6, 6.07) is 10.7. The molecule has 0 aliphatic carbocycles. The number of aromatic amines is 1. The number of H-pyrrole nitrogens is 1. The molecule has 0 spiro atoms. The van der Waals surface area contributed by atoms with Crippen LogP contribution in [0.25, 0.3) is 11.3 Å². The number of ether oxygens (including phenoxy) is 1. The highest BCUT2D eigenvalue weighted by Crippen LogP contribution is 2.24. The van der Waals surface area contributed by atoms with Crippen molar-refractivity contribution in [3.8, 4) is 17.0 Å². The SMILES string of the molecule is COc1ccc(Cc2nc(-c3cnn(C(C)c4ccc(C)cc4F)c3)cc(=O)[nH]2)cc1F. The molecule has 0 amide bonds. The molecule has 4 rings (SSSR count). The van der Waals surface area contributed by atoms with Gasteiger partial charge in [-0.15, -0.1) is 0 Å². The lowest BCUT2D eigenvalue weighted by Gasteiger charge is -2.14. The summed E-state index contributed by atoms with van der Waals surface area (Å²) in [4.78, 5) is 19.4. The van der Waals surface area contributed by atoms with Crippen LogP contribution in [0.1, 0.15) is 35.5 Å². The molecule has 8 heteroatoms.